The SMILES string of the molecule is O=[PH](O)OCCCNCc1ccc(NCCCCC2(c3ccccc3)CCCCC2)c(C(F)(F)C(F)(F)F)c1. The Balaban J connectivity index is 1.60. The Morgan fingerprint density at radius 2 is 1.64 bits per heavy atom. The van der Waals surface area contributed by atoms with Crippen molar-refractivity contribution in [3.8, 4) is 0 Å². The average molecular weight is 577 g/mol. The first-order valence-electron chi connectivity index (χ1n) is 13.5. The van der Waals surface area contributed by atoms with E-state index in [9.17, 15) is 26.5 Å². The van der Waals surface area contributed by atoms with Crippen molar-refractivity contribution in [2.24, 2.45) is 0 Å². The fraction of sp³-hybridized carbons (Fsp3) is 0.571. The van der Waals surface area contributed by atoms with Gasteiger partial charge in [-0.05, 0) is 67.3 Å². The van der Waals surface area contributed by atoms with Crippen LogP contribution in [0.1, 0.15) is 74.5 Å². The molecule has 1 fully saturated rings. The molecule has 0 spiro atoms. The summed E-state index contributed by atoms with van der Waals surface area (Å²) in [4.78, 5) is 8.63. The highest BCUT2D eigenvalue weighted by Crippen LogP contribution is 2.47. The predicted octanol–water partition coefficient (Wildman–Crippen LogP) is 7.70. The topological polar surface area (TPSA) is 70.6 Å². The molecule has 1 atom stereocenters. The number of anilines is 1. The van der Waals surface area contributed by atoms with E-state index in [1.165, 1.54) is 37.0 Å². The van der Waals surface area contributed by atoms with Gasteiger partial charge >= 0.3 is 20.4 Å². The third kappa shape index (κ3) is 9.00. The van der Waals surface area contributed by atoms with Gasteiger partial charge in [-0.15, -0.1) is 0 Å². The van der Waals surface area contributed by atoms with Crippen LogP contribution in [0.2, 0.25) is 0 Å². The van der Waals surface area contributed by atoms with Crippen LogP contribution in [0.3, 0.4) is 0 Å². The Bertz CT molecular complexity index is 1050. The molecule has 0 radical (unpaired) electrons. The second-order valence-corrected chi connectivity index (χ2v) is 11.0. The molecule has 218 valence electrons. The molecule has 0 heterocycles. The highest BCUT2D eigenvalue weighted by Gasteiger charge is 2.59. The first kappa shape index (κ1) is 31.5. The van der Waals surface area contributed by atoms with Crippen LogP contribution < -0.4 is 10.6 Å². The molecule has 11 heteroatoms. The van der Waals surface area contributed by atoms with Crippen molar-refractivity contribution < 1.29 is 35.9 Å². The van der Waals surface area contributed by atoms with E-state index >= 15 is 0 Å². The number of benzene rings is 2. The van der Waals surface area contributed by atoms with Crippen LogP contribution >= 0.6 is 8.25 Å². The number of hydrogen-bond donors (Lipinski definition) is 3. The van der Waals surface area contributed by atoms with Crippen molar-refractivity contribution in [2.45, 2.75) is 81.8 Å². The van der Waals surface area contributed by atoms with E-state index in [4.69, 9.17) is 4.89 Å². The maximum Gasteiger partial charge on any atom is 0.458 e. The summed E-state index contributed by atoms with van der Waals surface area (Å²) in [6, 6.07) is 14.1. The Hall–Kier alpha value is -2.00. The third-order valence-corrected chi connectivity index (χ3v) is 7.88. The maximum atomic E-state index is 14.5. The summed E-state index contributed by atoms with van der Waals surface area (Å²) < 4.78 is 83.9. The summed E-state index contributed by atoms with van der Waals surface area (Å²) in [6.45, 7) is 0.729. The zero-order valence-electron chi connectivity index (χ0n) is 22.0. The lowest BCUT2D eigenvalue weighted by molar-refractivity contribution is -0.289. The molecule has 3 N–H and O–H groups in total. The largest absolute Gasteiger partial charge is 0.458 e. The van der Waals surface area contributed by atoms with E-state index in [0.717, 1.165) is 31.7 Å². The molecule has 1 saturated carbocycles. The van der Waals surface area contributed by atoms with Crippen LogP contribution in [0.25, 0.3) is 0 Å². The molecule has 1 aliphatic rings. The molecule has 5 nitrogen and oxygen atoms in total. The van der Waals surface area contributed by atoms with Crippen LogP contribution in [0.15, 0.2) is 48.5 Å². The molecule has 2 aromatic rings. The van der Waals surface area contributed by atoms with Gasteiger partial charge in [0, 0.05) is 18.8 Å². The second-order valence-electron chi connectivity index (χ2n) is 10.2. The number of hydrogen-bond acceptors (Lipinski definition) is 4. The van der Waals surface area contributed by atoms with Gasteiger partial charge in [-0.1, -0.05) is 62.1 Å². The minimum absolute atomic E-state index is 0.0357. The first-order valence-corrected chi connectivity index (χ1v) is 14.8. The highest BCUT2D eigenvalue weighted by molar-refractivity contribution is 7.32. The molecule has 3 rings (SSSR count). The molecule has 0 aliphatic heterocycles. The minimum Gasteiger partial charge on any atom is -0.385 e. The van der Waals surface area contributed by atoms with Crippen LogP contribution in [-0.2, 0) is 27.0 Å². The van der Waals surface area contributed by atoms with Gasteiger partial charge in [0.15, 0.2) is 0 Å². The first-order chi connectivity index (χ1) is 18.6. The number of unbranched alkanes of at least 4 members (excludes halogenated alkanes) is 1. The summed E-state index contributed by atoms with van der Waals surface area (Å²) in [5, 5.41) is 5.76. The van der Waals surface area contributed by atoms with Gasteiger partial charge < -0.3 is 20.1 Å². The number of rotatable bonds is 15. The average Bonchev–Trinajstić information content (AvgIpc) is 2.91. The van der Waals surface area contributed by atoms with Gasteiger partial charge in [-0.2, -0.15) is 22.0 Å². The van der Waals surface area contributed by atoms with Crippen LogP contribution in [0.4, 0.5) is 27.6 Å². The lowest BCUT2D eigenvalue weighted by atomic mass is 9.67. The quantitative estimate of drug-likeness (QED) is 0.115. The van der Waals surface area contributed by atoms with Crippen molar-refractivity contribution in [2.75, 3.05) is 25.0 Å². The van der Waals surface area contributed by atoms with E-state index < -0.39 is 25.9 Å². The molecule has 0 saturated heterocycles. The molecule has 2 aromatic carbocycles. The Morgan fingerprint density at radius 1 is 0.923 bits per heavy atom. The molecule has 1 aliphatic carbocycles. The van der Waals surface area contributed by atoms with Crippen LogP contribution in [0.5, 0.6) is 0 Å². The monoisotopic (exact) mass is 576 g/mol. The van der Waals surface area contributed by atoms with E-state index in [2.05, 4.69) is 27.3 Å². The van der Waals surface area contributed by atoms with E-state index in [0.29, 0.717) is 19.4 Å². The van der Waals surface area contributed by atoms with Gasteiger partial charge in [-0.3, -0.25) is 4.57 Å². The van der Waals surface area contributed by atoms with Gasteiger partial charge in [0.25, 0.3) is 0 Å². The molecule has 0 aromatic heterocycles. The summed E-state index contributed by atoms with van der Waals surface area (Å²) in [6.07, 6.45) is 2.87. The second kappa shape index (κ2) is 14.6. The lowest BCUT2D eigenvalue weighted by Gasteiger charge is -2.38. The molecule has 39 heavy (non-hydrogen) atoms. The number of halogens is 5. The Labute approximate surface area is 227 Å². The third-order valence-electron chi connectivity index (χ3n) is 7.43. The van der Waals surface area contributed by atoms with Crippen molar-refractivity contribution in [1.82, 2.24) is 5.32 Å². The van der Waals surface area contributed by atoms with E-state index in [1.54, 1.807) is 0 Å². The van der Waals surface area contributed by atoms with Crippen LogP contribution in [0, 0.1) is 0 Å². The smallest absolute Gasteiger partial charge is 0.385 e. The molecular formula is C28H38F5N2O3P. The van der Waals surface area contributed by atoms with Crippen molar-refractivity contribution in [3.05, 3.63) is 65.2 Å². The Kier molecular flexibility index (Phi) is 11.8. The Morgan fingerprint density at radius 3 is 2.31 bits per heavy atom. The zero-order valence-corrected chi connectivity index (χ0v) is 23.0. The standard InChI is InChI=1S/C28H38F5N2O3P/c29-27(30,28(31,32)33)24-20-22(21-34-17-9-19-38-39(36)37)12-13-25(24)35-18-8-7-16-26(14-5-2-6-15-26)23-10-3-1-4-11-23/h1,3-4,10-13,20,34-35,39H,2,5-9,14-19,21H2,(H,36,37). The molecule has 0 bridgehead atoms. The predicted molar refractivity (Wildman–Crippen MR) is 143 cm³/mol. The van der Waals surface area contributed by atoms with Gasteiger partial charge in [0.2, 0.25) is 0 Å². The number of alkyl halides is 5. The van der Waals surface area contributed by atoms with Crippen molar-refractivity contribution in [1.29, 1.82) is 0 Å². The molecule has 0 amide bonds. The van der Waals surface area contributed by atoms with Crippen molar-refractivity contribution in [3.63, 3.8) is 0 Å². The fourth-order valence-corrected chi connectivity index (χ4v) is 5.69. The maximum absolute atomic E-state index is 14.5. The zero-order chi connectivity index (χ0) is 28.4. The summed E-state index contributed by atoms with van der Waals surface area (Å²) in [5.74, 6) is -5.01. The normalized spacial score (nSPS) is 16.7. The summed E-state index contributed by atoms with van der Waals surface area (Å²) in [7, 11) is -3.02. The number of nitrogens with one attached hydrogen (secondary N) is 2. The lowest BCUT2D eigenvalue weighted by Crippen LogP contribution is -2.34. The summed E-state index contributed by atoms with van der Waals surface area (Å²) in [5.41, 5.74) is 0.386. The van der Waals surface area contributed by atoms with E-state index in [1.807, 2.05) is 18.2 Å². The molecule has 1 unspecified atom stereocenters. The molecular weight excluding hydrogens is 538 g/mol. The van der Waals surface area contributed by atoms with Crippen molar-refractivity contribution >= 4 is 13.9 Å². The highest BCUT2D eigenvalue weighted by atomic mass is 31.1. The minimum atomic E-state index is -5.72. The van der Waals surface area contributed by atoms with E-state index in [-0.39, 0.29) is 36.4 Å². The fourth-order valence-electron chi connectivity index (χ4n) is 5.37. The summed E-state index contributed by atoms with van der Waals surface area (Å²) >= 11 is 0. The van der Waals surface area contributed by atoms with Gasteiger partial charge in [0.05, 0.1) is 12.2 Å². The van der Waals surface area contributed by atoms with Gasteiger partial charge in [0.1, 0.15) is 0 Å². The van der Waals surface area contributed by atoms with Gasteiger partial charge in [-0.25, -0.2) is 0 Å². The van der Waals surface area contributed by atoms with Crippen LogP contribution in [-0.4, -0.2) is 30.8 Å².